The summed E-state index contributed by atoms with van der Waals surface area (Å²) < 4.78 is 6.92. The lowest BCUT2D eigenvalue weighted by Gasteiger charge is -2.09. The third-order valence-corrected chi connectivity index (χ3v) is 4.77. The Morgan fingerprint density at radius 2 is 1.78 bits per heavy atom. The number of ether oxygens (including phenoxy) is 1. The Labute approximate surface area is 164 Å². The van der Waals surface area contributed by atoms with Gasteiger partial charge < -0.3 is 9.30 Å². The second-order valence-corrected chi connectivity index (χ2v) is 6.83. The van der Waals surface area contributed by atoms with Crippen molar-refractivity contribution in [1.82, 2.24) is 4.57 Å². The van der Waals surface area contributed by atoms with Crippen molar-refractivity contribution in [3.05, 3.63) is 81.6 Å². The Balaban J connectivity index is 1.91. The molecule has 0 aliphatic heterocycles. The number of aliphatic imine (C=N–C) groups is 1. The summed E-state index contributed by atoms with van der Waals surface area (Å²) in [7, 11) is 1.38. The number of hydrogen-bond acceptors (Lipinski definition) is 3. The number of hydrogen-bond donors (Lipinski definition) is 0. The molecule has 27 heavy (non-hydrogen) atoms. The van der Waals surface area contributed by atoms with Crippen molar-refractivity contribution in [3.63, 3.8) is 0 Å². The summed E-state index contributed by atoms with van der Waals surface area (Å²) in [6.07, 6.45) is 1.86. The first kappa shape index (κ1) is 18.9. The third kappa shape index (κ3) is 3.96. The van der Waals surface area contributed by atoms with Gasteiger partial charge in [0.15, 0.2) is 0 Å². The van der Waals surface area contributed by atoms with Gasteiger partial charge in [-0.2, -0.15) is 0 Å². The first-order valence-electron chi connectivity index (χ1n) is 8.58. The normalized spacial score (nSPS) is 11.1. The summed E-state index contributed by atoms with van der Waals surface area (Å²) in [6, 6.07) is 15.2. The minimum absolute atomic E-state index is 0.347. The second-order valence-electron chi connectivity index (χ2n) is 6.39. The topological polar surface area (TPSA) is 43.6 Å². The van der Waals surface area contributed by atoms with Crippen molar-refractivity contribution >= 4 is 29.5 Å². The first-order valence-corrected chi connectivity index (χ1v) is 8.96. The largest absolute Gasteiger partial charge is 0.465 e. The molecule has 0 saturated heterocycles. The monoisotopic (exact) mass is 380 g/mol. The third-order valence-electron chi connectivity index (χ3n) is 4.52. The van der Waals surface area contributed by atoms with Gasteiger partial charge in [-0.25, -0.2) is 4.79 Å². The van der Waals surface area contributed by atoms with E-state index >= 15 is 0 Å². The molecule has 0 aliphatic rings. The predicted molar refractivity (Wildman–Crippen MR) is 110 cm³/mol. The number of nitrogens with zero attached hydrogens (tertiary/aromatic N) is 2. The highest BCUT2D eigenvalue weighted by atomic mass is 35.5. The van der Waals surface area contributed by atoms with Gasteiger partial charge in [0.2, 0.25) is 0 Å². The molecule has 138 valence electrons. The van der Waals surface area contributed by atoms with Crippen LogP contribution in [0.25, 0.3) is 5.69 Å². The fraction of sp³-hybridized carbons (Fsp3) is 0.182. The van der Waals surface area contributed by atoms with Crippen LogP contribution < -0.4 is 0 Å². The minimum atomic E-state index is -0.347. The molecule has 1 heterocycles. The second kappa shape index (κ2) is 7.80. The number of methoxy groups -OCH3 is 1. The molecule has 0 radical (unpaired) electrons. The average molecular weight is 381 g/mol. The lowest BCUT2D eigenvalue weighted by molar-refractivity contribution is 0.0600. The molecule has 2 aromatic carbocycles. The molecule has 0 saturated carbocycles. The summed E-state index contributed by atoms with van der Waals surface area (Å²) >= 11 is 6.00. The molecule has 0 amide bonds. The molecular weight excluding hydrogens is 360 g/mol. The van der Waals surface area contributed by atoms with Crippen LogP contribution in [0.3, 0.4) is 0 Å². The van der Waals surface area contributed by atoms with E-state index in [0.717, 1.165) is 33.9 Å². The smallest absolute Gasteiger partial charge is 0.337 e. The number of esters is 1. The van der Waals surface area contributed by atoms with E-state index < -0.39 is 0 Å². The molecule has 0 unspecified atom stereocenters. The van der Waals surface area contributed by atoms with Gasteiger partial charge in [0, 0.05) is 33.9 Å². The Morgan fingerprint density at radius 3 is 2.41 bits per heavy atom. The van der Waals surface area contributed by atoms with Crippen molar-refractivity contribution in [2.75, 3.05) is 7.11 Å². The van der Waals surface area contributed by atoms with Gasteiger partial charge in [-0.1, -0.05) is 11.6 Å². The number of carbonyl (C=O) groups is 1. The van der Waals surface area contributed by atoms with Crippen LogP contribution in [-0.2, 0) is 4.74 Å². The maximum absolute atomic E-state index is 11.6. The molecule has 5 heteroatoms. The minimum Gasteiger partial charge on any atom is -0.465 e. The predicted octanol–water partition coefficient (Wildman–Crippen LogP) is 5.59. The summed E-state index contributed by atoms with van der Waals surface area (Å²) in [6.45, 7) is 6.06. The van der Waals surface area contributed by atoms with E-state index in [1.807, 2.05) is 43.5 Å². The molecule has 0 atom stereocenters. The molecule has 0 fully saturated rings. The first-order chi connectivity index (χ1) is 12.9. The molecule has 0 aliphatic carbocycles. The maximum atomic E-state index is 11.6. The van der Waals surface area contributed by atoms with E-state index in [1.165, 1.54) is 7.11 Å². The summed E-state index contributed by atoms with van der Waals surface area (Å²) in [5, 5.41) is 0.717. The van der Waals surface area contributed by atoms with Gasteiger partial charge in [-0.15, -0.1) is 0 Å². The van der Waals surface area contributed by atoms with E-state index in [4.69, 9.17) is 16.3 Å². The van der Waals surface area contributed by atoms with Crippen molar-refractivity contribution in [2.24, 2.45) is 4.99 Å². The average Bonchev–Trinajstić information content (AvgIpc) is 2.94. The summed E-state index contributed by atoms with van der Waals surface area (Å²) in [5.74, 6) is -0.347. The van der Waals surface area contributed by atoms with Crippen LogP contribution in [0, 0.1) is 20.8 Å². The summed E-state index contributed by atoms with van der Waals surface area (Å²) in [5.41, 5.74) is 6.58. The van der Waals surface area contributed by atoms with Crippen molar-refractivity contribution in [2.45, 2.75) is 20.8 Å². The van der Waals surface area contributed by atoms with Crippen molar-refractivity contribution < 1.29 is 9.53 Å². The molecule has 3 aromatic rings. The van der Waals surface area contributed by atoms with Crippen LogP contribution in [-0.4, -0.2) is 23.9 Å². The molecule has 3 rings (SSSR count). The highest BCUT2D eigenvalue weighted by Gasteiger charge is 2.10. The Kier molecular flexibility index (Phi) is 5.47. The Bertz CT molecular complexity index is 1020. The standard InChI is InChI=1S/C22H21ClN2O2/c1-14-11-17(22(26)27-4)5-10-21(14)24-13-18-12-15(2)25(16(18)3)20-8-6-19(23)7-9-20/h5-13H,1-4H3. The number of rotatable bonds is 4. The fourth-order valence-electron chi connectivity index (χ4n) is 3.09. The molecule has 0 N–H and O–H groups in total. The Morgan fingerprint density at radius 1 is 1.07 bits per heavy atom. The highest BCUT2D eigenvalue weighted by Crippen LogP contribution is 2.24. The van der Waals surface area contributed by atoms with Gasteiger partial charge >= 0.3 is 5.97 Å². The number of benzene rings is 2. The quantitative estimate of drug-likeness (QED) is 0.437. The van der Waals surface area contributed by atoms with Crippen molar-refractivity contribution in [3.8, 4) is 5.69 Å². The lowest BCUT2D eigenvalue weighted by atomic mass is 10.1. The number of halogens is 1. The SMILES string of the molecule is COC(=O)c1ccc(N=Cc2cc(C)n(-c3ccc(Cl)cc3)c2C)c(C)c1. The lowest BCUT2D eigenvalue weighted by Crippen LogP contribution is -2.01. The zero-order valence-electron chi connectivity index (χ0n) is 15.8. The van der Waals surface area contributed by atoms with E-state index in [2.05, 4.69) is 29.5 Å². The van der Waals surface area contributed by atoms with Crippen LogP contribution in [0.1, 0.15) is 32.9 Å². The maximum Gasteiger partial charge on any atom is 0.337 e. The summed E-state index contributed by atoms with van der Waals surface area (Å²) in [4.78, 5) is 16.2. The van der Waals surface area contributed by atoms with Gasteiger partial charge in [0.05, 0.1) is 18.4 Å². The molecular formula is C22H21ClN2O2. The number of carbonyl (C=O) groups excluding carboxylic acids is 1. The van der Waals surface area contributed by atoms with Crippen LogP contribution in [0.15, 0.2) is 53.5 Å². The van der Waals surface area contributed by atoms with E-state index in [0.29, 0.717) is 10.6 Å². The fourth-order valence-corrected chi connectivity index (χ4v) is 3.22. The van der Waals surface area contributed by atoms with Crippen LogP contribution in [0.5, 0.6) is 0 Å². The van der Waals surface area contributed by atoms with Crippen LogP contribution in [0.4, 0.5) is 5.69 Å². The van der Waals surface area contributed by atoms with E-state index in [1.54, 1.807) is 12.1 Å². The zero-order valence-corrected chi connectivity index (χ0v) is 16.5. The number of aryl methyl sites for hydroxylation is 2. The van der Waals surface area contributed by atoms with Gasteiger partial charge in [0.1, 0.15) is 0 Å². The van der Waals surface area contributed by atoms with Crippen LogP contribution in [0.2, 0.25) is 5.02 Å². The van der Waals surface area contributed by atoms with Gasteiger partial charge in [-0.05, 0) is 74.9 Å². The molecule has 0 bridgehead atoms. The number of aromatic nitrogens is 1. The highest BCUT2D eigenvalue weighted by molar-refractivity contribution is 6.30. The van der Waals surface area contributed by atoms with E-state index in [9.17, 15) is 4.79 Å². The zero-order chi connectivity index (χ0) is 19.6. The van der Waals surface area contributed by atoms with Crippen molar-refractivity contribution in [1.29, 1.82) is 0 Å². The Hall–Kier alpha value is -2.85. The van der Waals surface area contributed by atoms with E-state index in [-0.39, 0.29) is 5.97 Å². The van der Waals surface area contributed by atoms with Gasteiger partial charge in [0.25, 0.3) is 0 Å². The molecule has 0 spiro atoms. The molecule has 4 nitrogen and oxygen atoms in total. The van der Waals surface area contributed by atoms with Crippen LogP contribution >= 0.6 is 11.6 Å². The molecule has 1 aromatic heterocycles. The van der Waals surface area contributed by atoms with Gasteiger partial charge in [-0.3, -0.25) is 4.99 Å².